The standard InChI is InChI=1S/C26H19N5O8S4/c27-43(38,39)16-9-3-13(4-10-16)28-18(32)12-29-25-22(42-26(29)35)19(17-2-1-11-40-17)20-21(41-25)24(34)30(23(20)33)14-5-7-15(8-6-14)31(36)37/h1-11,19-21H,12H2,(H,28,32)(H2,27,38,39)/t19-,20?,21?/m1/s1. The number of nitrogens with one attached hydrogen (secondary N) is 1. The zero-order valence-electron chi connectivity index (χ0n) is 21.6. The zero-order chi connectivity index (χ0) is 30.6. The topological polar surface area (TPSA) is 192 Å². The number of fused-ring (bicyclic) bond motifs is 2. The van der Waals surface area contributed by atoms with E-state index in [1.807, 2.05) is 11.4 Å². The maximum atomic E-state index is 13.8. The smallest absolute Gasteiger partial charge is 0.308 e. The van der Waals surface area contributed by atoms with E-state index in [2.05, 4.69) is 5.32 Å². The van der Waals surface area contributed by atoms with Crippen molar-refractivity contribution < 1.29 is 27.7 Å². The number of hydrogen-bond acceptors (Lipinski definition) is 11. The molecule has 0 spiro atoms. The minimum Gasteiger partial charge on any atom is -0.325 e. The van der Waals surface area contributed by atoms with E-state index in [-0.39, 0.29) is 22.0 Å². The molecule has 2 unspecified atom stereocenters. The van der Waals surface area contributed by atoms with Crippen molar-refractivity contribution in [2.24, 2.45) is 11.1 Å². The lowest BCUT2D eigenvalue weighted by molar-refractivity contribution is -0.384. The van der Waals surface area contributed by atoms with Crippen molar-refractivity contribution in [1.82, 2.24) is 4.57 Å². The van der Waals surface area contributed by atoms with Crippen molar-refractivity contribution in [3.8, 4) is 0 Å². The van der Waals surface area contributed by atoms with Gasteiger partial charge in [0, 0.05) is 33.5 Å². The van der Waals surface area contributed by atoms with Crippen molar-refractivity contribution in [2.75, 3.05) is 10.2 Å². The summed E-state index contributed by atoms with van der Waals surface area (Å²) in [6.07, 6.45) is 0. The number of non-ortho nitro benzene ring substituents is 1. The summed E-state index contributed by atoms with van der Waals surface area (Å²) in [5.41, 5.74) is 0.305. The lowest BCUT2D eigenvalue weighted by Gasteiger charge is -2.29. The predicted molar refractivity (Wildman–Crippen MR) is 160 cm³/mol. The highest BCUT2D eigenvalue weighted by Gasteiger charge is 2.57. The quantitative estimate of drug-likeness (QED) is 0.171. The van der Waals surface area contributed by atoms with E-state index < -0.39 is 61.2 Å². The molecule has 2 aromatic carbocycles. The van der Waals surface area contributed by atoms with Gasteiger partial charge in [0.1, 0.15) is 11.8 Å². The van der Waals surface area contributed by atoms with Crippen LogP contribution in [0.3, 0.4) is 0 Å². The molecule has 0 saturated carbocycles. The third-order valence-electron chi connectivity index (χ3n) is 6.99. The van der Waals surface area contributed by atoms with Crippen molar-refractivity contribution in [1.29, 1.82) is 0 Å². The fraction of sp³-hybridized carbons (Fsp3) is 0.154. The number of thioether (sulfide) groups is 1. The number of rotatable bonds is 7. The highest BCUT2D eigenvalue weighted by molar-refractivity contribution is 8.00. The molecule has 1 fully saturated rings. The average molecular weight is 658 g/mol. The summed E-state index contributed by atoms with van der Waals surface area (Å²) in [5, 5.41) is 20.2. The second kappa shape index (κ2) is 10.8. The number of aromatic nitrogens is 1. The highest BCUT2D eigenvalue weighted by atomic mass is 32.2. The normalized spacial score (nSPS) is 19.7. The van der Waals surface area contributed by atoms with Gasteiger partial charge in [-0.25, -0.2) is 18.5 Å². The van der Waals surface area contributed by atoms with E-state index in [0.717, 1.165) is 32.9 Å². The molecular formula is C26H19N5O8S4. The molecule has 4 heterocycles. The lowest BCUT2D eigenvalue weighted by atomic mass is 9.87. The SMILES string of the molecule is NS(=O)(=O)c1ccc(NC(=O)Cn2c3c(sc2=O)[C@H](c2cccs2)C2C(=O)N(c4ccc([N+](=O)[O-])cc4)C(=O)C2S3)cc1. The van der Waals surface area contributed by atoms with Crippen LogP contribution in [0.15, 0.2) is 80.8 Å². The largest absolute Gasteiger partial charge is 0.325 e. The van der Waals surface area contributed by atoms with Gasteiger partial charge < -0.3 is 5.32 Å². The summed E-state index contributed by atoms with van der Waals surface area (Å²) in [5.74, 6) is -3.02. The number of nitro groups is 1. The molecule has 3 N–H and O–H groups in total. The fourth-order valence-corrected chi connectivity index (χ4v) is 9.32. The molecular weight excluding hydrogens is 639 g/mol. The maximum absolute atomic E-state index is 13.8. The number of carbonyl (C=O) groups excluding carboxylic acids is 3. The Kier molecular flexibility index (Phi) is 7.29. The molecule has 1 saturated heterocycles. The number of benzene rings is 2. The van der Waals surface area contributed by atoms with Gasteiger partial charge in [-0.15, -0.1) is 11.3 Å². The van der Waals surface area contributed by atoms with Crippen LogP contribution in [0.5, 0.6) is 0 Å². The van der Waals surface area contributed by atoms with Gasteiger partial charge in [-0.2, -0.15) is 0 Å². The van der Waals surface area contributed by atoms with Crippen molar-refractivity contribution in [2.45, 2.75) is 27.6 Å². The molecule has 2 aliphatic heterocycles. The molecule has 3 atom stereocenters. The minimum atomic E-state index is -3.91. The van der Waals surface area contributed by atoms with Crippen LogP contribution in [0.2, 0.25) is 0 Å². The second-order valence-electron chi connectivity index (χ2n) is 9.58. The third kappa shape index (κ3) is 5.18. The first-order chi connectivity index (χ1) is 20.4. The molecule has 0 bridgehead atoms. The number of hydrogen-bond donors (Lipinski definition) is 2. The predicted octanol–water partition coefficient (Wildman–Crippen LogP) is 2.96. The van der Waals surface area contributed by atoms with Gasteiger partial charge in [-0.1, -0.05) is 29.2 Å². The van der Waals surface area contributed by atoms with E-state index in [4.69, 9.17) is 5.14 Å². The fourth-order valence-electron chi connectivity index (χ4n) is 5.08. The van der Waals surface area contributed by atoms with Gasteiger partial charge in [0.25, 0.3) is 5.69 Å². The van der Waals surface area contributed by atoms with Crippen molar-refractivity contribution >= 4 is 79.2 Å². The monoisotopic (exact) mass is 657 g/mol. The molecule has 0 aliphatic carbocycles. The number of primary sulfonamides is 1. The van der Waals surface area contributed by atoms with Gasteiger partial charge >= 0.3 is 4.87 Å². The first kappa shape index (κ1) is 28.9. The van der Waals surface area contributed by atoms with Crippen LogP contribution >= 0.6 is 34.4 Å². The van der Waals surface area contributed by atoms with Gasteiger partial charge in [-0.3, -0.25) is 33.9 Å². The summed E-state index contributed by atoms with van der Waals surface area (Å²) < 4.78 is 24.3. The summed E-state index contributed by atoms with van der Waals surface area (Å²) in [7, 11) is -3.91. The summed E-state index contributed by atoms with van der Waals surface area (Å²) in [6, 6.07) is 14.0. The zero-order valence-corrected chi connectivity index (χ0v) is 24.9. The van der Waals surface area contributed by atoms with E-state index in [1.54, 1.807) is 6.07 Å². The first-order valence-electron chi connectivity index (χ1n) is 12.4. The Hall–Kier alpha value is -4.16. The Bertz CT molecular complexity index is 1950. The van der Waals surface area contributed by atoms with E-state index in [9.17, 15) is 37.7 Å². The minimum absolute atomic E-state index is 0.127. The van der Waals surface area contributed by atoms with E-state index in [0.29, 0.717) is 9.90 Å². The van der Waals surface area contributed by atoms with Crippen molar-refractivity contribution in [3.63, 3.8) is 0 Å². The van der Waals surface area contributed by atoms with Crippen LogP contribution in [0.25, 0.3) is 0 Å². The number of anilines is 2. The Balaban J connectivity index is 1.33. The molecule has 17 heteroatoms. The van der Waals surface area contributed by atoms with Crippen LogP contribution in [0.4, 0.5) is 17.1 Å². The number of thiophene rings is 1. The molecule has 2 aromatic heterocycles. The van der Waals surface area contributed by atoms with Crippen LogP contribution in [-0.2, 0) is 31.0 Å². The summed E-state index contributed by atoms with van der Waals surface area (Å²) >= 11 is 3.33. The molecule has 4 aromatic rings. The highest BCUT2D eigenvalue weighted by Crippen LogP contribution is 2.54. The number of imide groups is 1. The molecule has 13 nitrogen and oxygen atoms in total. The van der Waals surface area contributed by atoms with Gasteiger partial charge in [0.05, 0.1) is 26.5 Å². The van der Waals surface area contributed by atoms with Crippen LogP contribution in [0.1, 0.15) is 15.7 Å². The van der Waals surface area contributed by atoms with E-state index in [1.165, 1.54) is 64.4 Å². The Morgan fingerprint density at radius 3 is 2.33 bits per heavy atom. The Labute approximate surface area is 255 Å². The van der Waals surface area contributed by atoms with Gasteiger partial charge in [-0.05, 0) is 47.8 Å². The number of thiazole rings is 1. The first-order valence-corrected chi connectivity index (χ1v) is 16.5. The lowest BCUT2D eigenvalue weighted by Crippen LogP contribution is -2.32. The average Bonchev–Trinajstić information content (AvgIpc) is 3.66. The number of sulfonamides is 1. The number of nitrogens with two attached hydrogens (primary N) is 1. The van der Waals surface area contributed by atoms with Crippen LogP contribution in [-0.4, -0.2) is 40.9 Å². The molecule has 0 radical (unpaired) electrons. The Morgan fingerprint density at radius 1 is 1.02 bits per heavy atom. The number of amides is 3. The second-order valence-corrected chi connectivity index (χ2v) is 14.2. The molecule has 6 rings (SSSR count). The maximum Gasteiger partial charge on any atom is 0.308 e. The van der Waals surface area contributed by atoms with Crippen LogP contribution in [0, 0.1) is 16.0 Å². The van der Waals surface area contributed by atoms with Gasteiger partial charge in [0.2, 0.25) is 27.7 Å². The van der Waals surface area contributed by atoms with Crippen molar-refractivity contribution in [3.05, 3.63) is 95.6 Å². The third-order valence-corrected chi connectivity index (χ3v) is 11.5. The number of nitrogens with zero attached hydrogens (tertiary/aromatic N) is 3. The summed E-state index contributed by atoms with van der Waals surface area (Å²) in [6.45, 7) is -0.392. The van der Waals surface area contributed by atoms with Gasteiger partial charge in [0.15, 0.2) is 0 Å². The molecule has 2 aliphatic rings. The van der Waals surface area contributed by atoms with Crippen LogP contribution < -0.4 is 20.2 Å². The molecule has 43 heavy (non-hydrogen) atoms. The molecule has 3 amide bonds. The summed E-state index contributed by atoms with van der Waals surface area (Å²) in [4.78, 5) is 66.0. The van der Waals surface area contributed by atoms with E-state index >= 15 is 0 Å². The Morgan fingerprint density at radius 2 is 1.72 bits per heavy atom. The molecule has 220 valence electrons. The number of nitro benzene ring substituents is 1. The number of carbonyl (C=O) groups is 3.